The molecule has 1 N–H and O–H groups in total. The fourth-order valence-corrected chi connectivity index (χ4v) is 4.02. The summed E-state index contributed by atoms with van der Waals surface area (Å²) >= 11 is 6.05. The van der Waals surface area contributed by atoms with Crippen molar-refractivity contribution in [3.05, 3.63) is 88.7 Å². The van der Waals surface area contributed by atoms with Crippen molar-refractivity contribution >= 4 is 33.1 Å². The van der Waals surface area contributed by atoms with E-state index in [1.54, 1.807) is 42.5 Å². The third-order valence-corrected chi connectivity index (χ3v) is 6.02. The highest BCUT2D eigenvalue weighted by atomic mass is 35.5. The van der Waals surface area contributed by atoms with Crippen LogP contribution < -0.4 is 4.72 Å². The van der Waals surface area contributed by atoms with Crippen LogP contribution in [0.4, 0.5) is 5.69 Å². The smallest absolute Gasteiger partial charge is 0.261 e. The molecule has 3 rings (SSSR count). The van der Waals surface area contributed by atoms with Gasteiger partial charge in [0.05, 0.1) is 10.6 Å². The Morgan fingerprint density at radius 1 is 1.00 bits per heavy atom. The summed E-state index contributed by atoms with van der Waals surface area (Å²) in [6.07, 6.45) is 1.50. The molecular weight excluding hydrogens is 408 g/mol. The standard InChI is InChI=1S/C22H21ClN2O3S/c1-22(2,3)15-7-10-17(11-8-15)29(27,28)25-19-12-9-16(23)14-18(19)21(26)20-6-4-5-13-24-20/h4-14,25H,1-3H3. The fourth-order valence-electron chi connectivity index (χ4n) is 2.77. The fraction of sp³-hybridized carbons (Fsp3) is 0.182. The summed E-state index contributed by atoms with van der Waals surface area (Å²) in [6, 6.07) is 16.1. The second-order valence-electron chi connectivity index (χ2n) is 7.61. The van der Waals surface area contributed by atoms with Crippen molar-refractivity contribution in [2.75, 3.05) is 4.72 Å². The molecule has 0 saturated carbocycles. The molecule has 0 spiro atoms. The number of carbonyl (C=O) groups is 1. The Bertz CT molecular complexity index is 1140. The van der Waals surface area contributed by atoms with E-state index >= 15 is 0 Å². The van der Waals surface area contributed by atoms with Crippen LogP contribution in [-0.2, 0) is 15.4 Å². The van der Waals surface area contributed by atoms with Gasteiger partial charge in [-0.05, 0) is 53.4 Å². The molecule has 0 atom stereocenters. The molecule has 0 radical (unpaired) electrons. The Kier molecular flexibility index (Phi) is 5.78. The minimum atomic E-state index is -3.89. The van der Waals surface area contributed by atoms with Crippen LogP contribution in [0.5, 0.6) is 0 Å². The van der Waals surface area contributed by atoms with E-state index in [0.717, 1.165) is 5.56 Å². The molecule has 0 aliphatic heterocycles. The van der Waals surface area contributed by atoms with E-state index in [1.807, 2.05) is 0 Å². The van der Waals surface area contributed by atoms with Gasteiger partial charge in [-0.3, -0.25) is 14.5 Å². The second kappa shape index (κ2) is 7.97. The van der Waals surface area contributed by atoms with E-state index in [1.165, 1.54) is 24.4 Å². The molecule has 7 heteroatoms. The van der Waals surface area contributed by atoms with Crippen LogP contribution in [0.2, 0.25) is 5.02 Å². The third-order valence-electron chi connectivity index (χ3n) is 4.40. The molecule has 0 bridgehead atoms. The van der Waals surface area contributed by atoms with Crippen molar-refractivity contribution in [1.82, 2.24) is 4.98 Å². The first-order valence-electron chi connectivity index (χ1n) is 8.96. The number of nitrogens with zero attached hydrogens (tertiary/aromatic N) is 1. The first kappa shape index (κ1) is 21.0. The van der Waals surface area contributed by atoms with Crippen LogP contribution >= 0.6 is 11.6 Å². The lowest BCUT2D eigenvalue weighted by atomic mass is 9.87. The highest BCUT2D eigenvalue weighted by Crippen LogP contribution is 2.27. The molecule has 0 amide bonds. The largest absolute Gasteiger partial charge is 0.287 e. The van der Waals surface area contributed by atoms with Crippen molar-refractivity contribution < 1.29 is 13.2 Å². The number of pyridine rings is 1. The van der Waals surface area contributed by atoms with Gasteiger partial charge in [0.25, 0.3) is 10.0 Å². The number of halogens is 1. The van der Waals surface area contributed by atoms with E-state index in [9.17, 15) is 13.2 Å². The molecule has 0 aliphatic carbocycles. The summed E-state index contributed by atoms with van der Waals surface area (Å²) in [4.78, 5) is 17.0. The molecule has 5 nitrogen and oxygen atoms in total. The van der Waals surface area contributed by atoms with E-state index in [2.05, 4.69) is 30.5 Å². The molecule has 0 unspecified atom stereocenters. The molecule has 1 heterocycles. The van der Waals surface area contributed by atoms with Gasteiger partial charge in [-0.25, -0.2) is 8.42 Å². The van der Waals surface area contributed by atoms with Crippen molar-refractivity contribution in [2.24, 2.45) is 0 Å². The van der Waals surface area contributed by atoms with Gasteiger partial charge in [-0.15, -0.1) is 0 Å². The van der Waals surface area contributed by atoms with Crippen LogP contribution in [0, 0.1) is 0 Å². The zero-order chi connectivity index (χ0) is 21.2. The second-order valence-corrected chi connectivity index (χ2v) is 9.73. The molecule has 150 valence electrons. The number of carbonyl (C=O) groups excluding carboxylic acids is 1. The summed E-state index contributed by atoms with van der Waals surface area (Å²) in [6.45, 7) is 6.16. The predicted molar refractivity (Wildman–Crippen MR) is 115 cm³/mol. The van der Waals surface area contributed by atoms with E-state index < -0.39 is 15.8 Å². The Labute approximate surface area is 175 Å². The number of hydrogen-bond acceptors (Lipinski definition) is 4. The molecule has 29 heavy (non-hydrogen) atoms. The predicted octanol–water partition coefficient (Wildman–Crippen LogP) is 5.06. The zero-order valence-corrected chi connectivity index (χ0v) is 17.9. The molecule has 2 aromatic carbocycles. The van der Waals surface area contributed by atoms with Crippen molar-refractivity contribution in [3.8, 4) is 0 Å². The minimum absolute atomic E-state index is 0.0891. The maximum Gasteiger partial charge on any atom is 0.261 e. The number of benzene rings is 2. The first-order valence-corrected chi connectivity index (χ1v) is 10.8. The summed E-state index contributed by atoms with van der Waals surface area (Å²) < 4.78 is 28.3. The van der Waals surface area contributed by atoms with Crippen LogP contribution in [-0.4, -0.2) is 19.2 Å². The van der Waals surface area contributed by atoms with Gasteiger partial charge in [0.2, 0.25) is 5.78 Å². The van der Waals surface area contributed by atoms with E-state index in [4.69, 9.17) is 11.6 Å². The number of ketones is 1. The van der Waals surface area contributed by atoms with Gasteiger partial charge in [-0.1, -0.05) is 50.6 Å². The summed E-state index contributed by atoms with van der Waals surface area (Å²) in [7, 11) is -3.89. The lowest BCUT2D eigenvalue weighted by Gasteiger charge is -2.19. The maximum atomic E-state index is 12.9. The van der Waals surface area contributed by atoms with Gasteiger partial charge in [0, 0.05) is 16.8 Å². The molecular formula is C22H21ClN2O3S. The minimum Gasteiger partial charge on any atom is -0.287 e. The van der Waals surface area contributed by atoms with Crippen LogP contribution in [0.15, 0.2) is 71.8 Å². The number of anilines is 1. The van der Waals surface area contributed by atoms with Crippen molar-refractivity contribution in [1.29, 1.82) is 0 Å². The van der Waals surface area contributed by atoms with Crippen molar-refractivity contribution in [2.45, 2.75) is 31.1 Å². The van der Waals surface area contributed by atoms with Crippen LogP contribution in [0.25, 0.3) is 0 Å². The Morgan fingerprint density at radius 2 is 1.69 bits per heavy atom. The highest BCUT2D eigenvalue weighted by Gasteiger charge is 2.22. The van der Waals surface area contributed by atoms with Crippen LogP contribution in [0.3, 0.4) is 0 Å². The molecule has 0 aliphatic rings. The third kappa shape index (κ3) is 4.83. The van der Waals surface area contributed by atoms with Gasteiger partial charge in [0.1, 0.15) is 5.69 Å². The van der Waals surface area contributed by atoms with Crippen molar-refractivity contribution in [3.63, 3.8) is 0 Å². The summed E-state index contributed by atoms with van der Waals surface area (Å²) in [5, 5.41) is 0.321. The normalized spacial score (nSPS) is 11.9. The first-order chi connectivity index (χ1) is 13.6. The number of nitrogens with one attached hydrogen (secondary N) is 1. The molecule has 1 aromatic heterocycles. The summed E-state index contributed by atoms with van der Waals surface area (Å²) in [5.41, 5.74) is 1.41. The number of sulfonamides is 1. The maximum absolute atomic E-state index is 12.9. The average molecular weight is 429 g/mol. The topological polar surface area (TPSA) is 76.1 Å². The van der Waals surface area contributed by atoms with E-state index in [-0.39, 0.29) is 27.3 Å². The summed E-state index contributed by atoms with van der Waals surface area (Å²) in [5.74, 6) is -0.422. The average Bonchev–Trinajstić information content (AvgIpc) is 2.69. The van der Waals surface area contributed by atoms with Gasteiger partial charge < -0.3 is 0 Å². The number of rotatable bonds is 5. The Hall–Kier alpha value is -2.70. The Morgan fingerprint density at radius 3 is 2.28 bits per heavy atom. The zero-order valence-electron chi connectivity index (χ0n) is 16.3. The van der Waals surface area contributed by atoms with Crippen LogP contribution in [0.1, 0.15) is 42.4 Å². The number of hydrogen-bond donors (Lipinski definition) is 1. The van der Waals surface area contributed by atoms with E-state index in [0.29, 0.717) is 5.02 Å². The van der Waals surface area contributed by atoms with Gasteiger partial charge >= 0.3 is 0 Å². The monoisotopic (exact) mass is 428 g/mol. The van der Waals surface area contributed by atoms with Gasteiger partial charge in [-0.2, -0.15) is 0 Å². The lowest BCUT2D eigenvalue weighted by molar-refractivity contribution is 0.103. The molecule has 0 fully saturated rings. The lowest BCUT2D eigenvalue weighted by Crippen LogP contribution is -2.17. The van der Waals surface area contributed by atoms with Gasteiger partial charge in [0.15, 0.2) is 0 Å². The Balaban J connectivity index is 1.96. The highest BCUT2D eigenvalue weighted by molar-refractivity contribution is 7.92. The molecule has 0 saturated heterocycles. The SMILES string of the molecule is CC(C)(C)c1ccc(S(=O)(=O)Nc2ccc(Cl)cc2C(=O)c2ccccn2)cc1. The quantitative estimate of drug-likeness (QED) is 0.576. The molecule has 3 aromatic rings. The number of aromatic nitrogens is 1.